The number of aliphatic hydroxyl groups is 3. The average Bonchev–Trinajstić information content (AvgIpc) is 2.02. The third-order valence-corrected chi connectivity index (χ3v) is 2.07. The van der Waals surface area contributed by atoms with E-state index in [-0.39, 0.29) is 0 Å². The van der Waals surface area contributed by atoms with Crippen molar-refractivity contribution >= 4 is 0 Å². The zero-order valence-electron chi connectivity index (χ0n) is 7.04. The lowest BCUT2D eigenvalue weighted by Crippen LogP contribution is -2.57. The lowest BCUT2D eigenvalue weighted by atomic mass is 10.00. The Balaban J connectivity index is 2.67. The van der Waals surface area contributed by atoms with Crippen LogP contribution in [0.25, 0.3) is 0 Å². The average molecular weight is 178 g/mol. The van der Waals surface area contributed by atoms with E-state index >= 15 is 0 Å². The van der Waals surface area contributed by atoms with Crippen molar-refractivity contribution in [2.24, 2.45) is 0 Å². The molecule has 0 unspecified atom stereocenters. The molecule has 1 saturated heterocycles. The van der Waals surface area contributed by atoms with E-state index in [0.717, 1.165) is 0 Å². The predicted molar refractivity (Wildman–Crippen MR) is 39.4 cm³/mol. The number of hydrogen-bond acceptors (Lipinski definition) is 5. The molecule has 0 aromatic heterocycles. The Morgan fingerprint density at radius 2 is 1.75 bits per heavy atom. The largest absolute Gasteiger partial charge is 0.388 e. The van der Waals surface area contributed by atoms with E-state index < -0.39 is 30.7 Å². The topological polar surface area (TPSA) is 79.2 Å². The first-order valence-electron chi connectivity index (χ1n) is 3.80. The molecule has 1 aliphatic rings. The van der Waals surface area contributed by atoms with E-state index in [1.165, 1.54) is 7.11 Å². The highest BCUT2D eigenvalue weighted by molar-refractivity contribution is 4.87. The Bertz CT molecular complexity index is 137. The quantitative estimate of drug-likeness (QED) is 0.453. The lowest BCUT2D eigenvalue weighted by molar-refractivity contribution is -0.282. The van der Waals surface area contributed by atoms with Gasteiger partial charge in [-0.1, -0.05) is 0 Å². The van der Waals surface area contributed by atoms with E-state index in [1.54, 1.807) is 6.92 Å². The fourth-order valence-corrected chi connectivity index (χ4v) is 1.29. The first-order valence-corrected chi connectivity index (χ1v) is 3.80. The van der Waals surface area contributed by atoms with Gasteiger partial charge in [-0.2, -0.15) is 0 Å². The minimum absolute atomic E-state index is 0.534. The van der Waals surface area contributed by atoms with Crippen LogP contribution in [-0.4, -0.2) is 53.1 Å². The van der Waals surface area contributed by atoms with Crippen LogP contribution in [0, 0.1) is 0 Å². The Morgan fingerprint density at radius 3 is 2.25 bits per heavy atom. The van der Waals surface area contributed by atoms with Crippen molar-refractivity contribution < 1.29 is 24.8 Å². The fourth-order valence-electron chi connectivity index (χ4n) is 1.29. The van der Waals surface area contributed by atoms with Crippen LogP contribution < -0.4 is 0 Å². The molecule has 0 aliphatic carbocycles. The fraction of sp³-hybridized carbons (Fsp3) is 1.00. The molecule has 1 rings (SSSR count). The van der Waals surface area contributed by atoms with Crippen LogP contribution in [-0.2, 0) is 9.47 Å². The van der Waals surface area contributed by atoms with Crippen LogP contribution >= 0.6 is 0 Å². The van der Waals surface area contributed by atoms with Gasteiger partial charge in [0.05, 0.1) is 6.10 Å². The molecule has 12 heavy (non-hydrogen) atoms. The summed E-state index contributed by atoms with van der Waals surface area (Å²) < 4.78 is 9.63. The summed E-state index contributed by atoms with van der Waals surface area (Å²) >= 11 is 0. The standard InChI is InChI=1S/C7H14O5/c1-3-4(8)6(11-2)5(9)7(10)12-3/h3-10H,1-2H3/t3-,4-,5-,6+,7-/m0/s1. The number of hydrogen-bond donors (Lipinski definition) is 3. The van der Waals surface area contributed by atoms with Crippen LogP contribution in [0.1, 0.15) is 6.92 Å². The summed E-state index contributed by atoms with van der Waals surface area (Å²) in [6.07, 6.45) is -4.71. The number of methoxy groups -OCH3 is 1. The maximum atomic E-state index is 9.40. The van der Waals surface area contributed by atoms with Crippen LogP contribution in [0.3, 0.4) is 0 Å². The third kappa shape index (κ3) is 1.60. The normalized spacial score (nSPS) is 49.2. The van der Waals surface area contributed by atoms with E-state index in [1.807, 2.05) is 0 Å². The molecule has 0 amide bonds. The SMILES string of the molecule is CO[C@@H]1[C@@H](O)[C@H](C)O[C@H](O)[C@H]1O. The first-order chi connectivity index (χ1) is 5.57. The lowest BCUT2D eigenvalue weighted by Gasteiger charge is -2.38. The summed E-state index contributed by atoms with van der Waals surface area (Å²) in [5, 5.41) is 27.8. The van der Waals surface area contributed by atoms with Crippen molar-refractivity contribution in [1.29, 1.82) is 0 Å². The Kier molecular flexibility index (Phi) is 3.03. The van der Waals surface area contributed by atoms with Gasteiger partial charge in [0.1, 0.15) is 18.3 Å². The van der Waals surface area contributed by atoms with Gasteiger partial charge in [-0.25, -0.2) is 0 Å². The zero-order chi connectivity index (χ0) is 9.30. The van der Waals surface area contributed by atoms with E-state index in [0.29, 0.717) is 0 Å². The second kappa shape index (κ2) is 3.68. The molecule has 72 valence electrons. The molecular weight excluding hydrogens is 164 g/mol. The minimum Gasteiger partial charge on any atom is -0.388 e. The second-order valence-electron chi connectivity index (χ2n) is 2.91. The number of aliphatic hydroxyl groups excluding tert-OH is 3. The Hall–Kier alpha value is -0.200. The van der Waals surface area contributed by atoms with Crippen molar-refractivity contribution in [2.45, 2.75) is 37.6 Å². The molecule has 1 aliphatic heterocycles. The molecular formula is C7H14O5. The monoisotopic (exact) mass is 178 g/mol. The van der Waals surface area contributed by atoms with Gasteiger partial charge in [-0.05, 0) is 6.92 Å². The summed E-state index contributed by atoms with van der Waals surface area (Å²) in [4.78, 5) is 0. The van der Waals surface area contributed by atoms with Crippen molar-refractivity contribution in [3.8, 4) is 0 Å². The van der Waals surface area contributed by atoms with Crippen molar-refractivity contribution in [1.82, 2.24) is 0 Å². The Labute approximate surface area is 70.5 Å². The van der Waals surface area contributed by atoms with Gasteiger partial charge in [-0.3, -0.25) is 0 Å². The highest BCUT2D eigenvalue weighted by Gasteiger charge is 2.42. The molecule has 5 atom stereocenters. The summed E-state index contributed by atoms with van der Waals surface area (Å²) in [6, 6.07) is 0. The van der Waals surface area contributed by atoms with Crippen LogP contribution in [0.2, 0.25) is 0 Å². The summed E-state index contributed by atoms with van der Waals surface area (Å²) in [6.45, 7) is 1.60. The summed E-state index contributed by atoms with van der Waals surface area (Å²) in [5.41, 5.74) is 0. The molecule has 0 aromatic carbocycles. The molecule has 5 nitrogen and oxygen atoms in total. The molecule has 5 heteroatoms. The molecule has 3 N–H and O–H groups in total. The molecule has 0 bridgehead atoms. The molecule has 0 radical (unpaired) electrons. The molecule has 0 aromatic rings. The maximum Gasteiger partial charge on any atom is 0.183 e. The van der Waals surface area contributed by atoms with Gasteiger partial charge in [0.2, 0.25) is 0 Å². The van der Waals surface area contributed by atoms with Crippen molar-refractivity contribution in [3.63, 3.8) is 0 Å². The Morgan fingerprint density at radius 1 is 1.17 bits per heavy atom. The number of ether oxygens (including phenoxy) is 2. The summed E-state index contributed by atoms with van der Waals surface area (Å²) in [7, 11) is 1.36. The van der Waals surface area contributed by atoms with Crippen LogP contribution in [0.15, 0.2) is 0 Å². The molecule has 0 saturated carbocycles. The highest BCUT2D eigenvalue weighted by atomic mass is 16.6. The van der Waals surface area contributed by atoms with Gasteiger partial charge in [-0.15, -0.1) is 0 Å². The van der Waals surface area contributed by atoms with Crippen LogP contribution in [0.4, 0.5) is 0 Å². The smallest absolute Gasteiger partial charge is 0.183 e. The zero-order valence-corrected chi connectivity index (χ0v) is 7.04. The van der Waals surface area contributed by atoms with Crippen molar-refractivity contribution in [2.75, 3.05) is 7.11 Å². The predicted octanol–water partition coefficient (Wildman–Crippen LogP) is -1.54. The number of rotatable bonds is 1. The van der Waals surface area contributed by atoms with Crippen molar-refractivity contribution in [3.05, 3.63) is 0 Å². The maximum absolute atomic E-state index is 9.40. The molecule has 1 heterocycles. The van der Waals surface area contributed by atoms with Crippen LogP contribution in [0.5, 0.6) is 0 Å². The molecule has 1 fully saturated rings. The first kappa shape index (κ1) is 9.88. The van der Waals surface area contributed by atoms with Gasteiger partial charge in [0, 0.05) is 7.11 Å². The van der Waals surface area contributed by atoms with Gasteiger partial charge in [0.25, 0.3) is 0 Å². The van der Waals surface area contributed by atoms with E-state index in [9.17, 15) is 10.2 Å². The minimum atomic E-state index is -1.28. The third-order valence-electron chi connectivity index (χ3n) is 2.07. The van der Waals surface area contributed by atoms with E-state index in [2.05, 4.69) is 0 Å². The molecule has 0 spiro atoms. The van der Waals surface area contributed by atoms with Gasteiger partial charge >= 0.3 is 0 Å². The van der Waals surface area contributed by atoms with E-state index in [4.69, 9.17) is 14.6 Å². The highest BCUT2D eigenvalue weighted by Crippen LogP contribution is 2.21. The van der Waals surface area contributed by atoms with Gasteiger partial charge < -0.3 is 24.8 Å². The second-order valence-corrected chi connectivity index (χ2v) is 2.91. The van der Waals surface area contributed by atoms with Gasteiger partial charge in [0.15, 0.2) is 6.29 Å². The summed E-state index contributed by atoms with van der Waals surface area (Å²) in [5.74, 6) is 0.